The van der Waals surface area contributed by atoms with Crippen molar-refractivity contribution in [3.05, 3.63) is 71.7 Å². The molecule has 0 bridgehead atoms. The average molecular weight is 606 g/mol. The zero-order valence-electron chi connectivity index (χ0n) is 26.3. The van der Waals surface area contributed by atoms with Gasteiger partial charge in [-0.3, -0.25) is 14.3 Å². The predicted molar refractivity (Wildman–Crippen MR) is 169 cm³/mol. The van der Waals surface area contributed by atoms with E-state index in [-0.39, 0.29) is 17.7 Å². The lowest BCUT2D eigenvalue weighted by Crippen LogP contribution is -2.27. The van der Waals surface area contributed by atoms with Crippen molar-refractivity contribution in [2.75, 3.05) is 13.1 Å². The summed E-state index contributed by atoms with van der Waals surface area (Å²) in [6.07, 6.45) is 3.24. The molecule has 0 spiro atoms. The molecule has 2 aromatic heterocycles. The number of rotatable bonds is 9. The number of hydrogen-bond acceptors (Lipinski definition) is 7. The fourth-order valence-electron chi connectivity index (χ4n) is 6.39. The summed E-state index contributed by atoms with van der Waals surface area (Å²) in [6.45, 7) is 8.21. The minimum atomic E-state index is 0.0345. The Morgan fingerprint density at radius 3 is 2.36 bits per heavy atom. The summed E-state index contributed by atoms with van der Waals surface area (Å²) in [5, 5.41) is 13.5. The van der Waals surface area contributed by atoms with Gasteiger partial charge in [0.2, 0.25) is 11.8 Å². The zero-order chi connectivity index (χ0) is 31.2. The van der Waals surface area contributed by atoms with Gasteiger partial charge in [-0.15, -0.1) is 0 Å². The number of carbonyl (C=O) groups is 2. The van der Waals surface area contributed by atoms with Gasteiger partial charge < -0.3 is 14.5 Å². The number of amides is 2. The molecule has 2 atom stereocenters. The maximum atomic E-state index is 12.7. The first-order valence-corrected chi connectivity index (χ1v) is 15.9. The Morgan fingerprint density at radius 1 is 0.911 bits per heavy atom. The van der Waals surface area contributed by atoms with E-state index in [1.54, 1.807) is 4.68 Å². The second-order valence-corrected chi connectivity index (χ2v) is 13.1. The van der Waals surface area contributed by atoms with Crippen LogP contribution in [0.2, 0.25) is 0 Å². The normalized spacial score (nSPS) is 20.1. The highest BCUT2D eigenvalue weighted by atomic mass is 16.5. The average Bonchev–Trinajstić information content (AvgIpc) is 3.57. The topological polar surface area (TPSA) is 106 Å². The molecular weight excluding hydrogens is 566 g/mol. The molecule has 4 aromatic rings. The smallest absolute Gasteiger partial charge is 0.223 e. The zero-order valence-corrected chi connectivity index (χ0v) is 26.3. The maximum absolute atomic E-state index is 12.7. The van der Waals surface area contributed by atoms with Crippen molar-refractivity contribution in [1.29, 1.82) is 0 Å². The quantitative estimate of drug-likeness (QED) is 0.241. The van der Waals surface area contributed by atoms with E-state index in [1.165, 1.54) is 0 Å². The third-order valence-corrected chi connectivity index (χ3v) is 9.06. The second-order valence-electron chi connectivity index (χ2n) is 13.1. The minimum absolute atomic E-state index is 0.0345. The molecule has 4 heterocycles. The first-order chi connectivity index (χ1) is 21.7. The standard InChI is InChI=1S/C35H39N7O3/c1-21(2)29-13-14-30(38-37-29)23-7-11-28(12-8-23)45-31-16-24(5-6-25(31)19-41-18-22(3)15-32(41)43)34-36-35(40(4)39-34)26-17-33(44)42(20-26)27-9-10-27/h5-8,11-14,16,21-22,26-27H,9-10,15,17-20H2,1-4H3. The van der Waals surface area contributed by atoms with Gasteiger partial charge >= 0.3 is 0 Å². The van der Waals surface area contributed by atoms with Gasteiger partial charge in [0.15, 0.2) is 5.82 Å². The lowest BCUT2D eigenvalue weighted by Gasteiger charge is -2.19. The number of likely N-dealkylation sites (tertiary alicyclic amines) is 2. The van der Waals surface area contributed by atoms with Crippen LogP contribution in [0, 0.1) is 5.92 Å². The van der Waals surface area contributed by atoms with Gasteiger partial charge in [-0.25, -0.2) is 4.98 Å². The first kappa shape index (κ1) is 29.1. The van der Waals surface area contributed by atoms with Gasteiger partial charge in [-0.1, -0.05) is 32.9 Å². The molecule has 3 aliphatic rings. The molecule has 232 valence electrons. The van der Waals surface area contributed by atoms with Crippen molar-refractivity contribution in [2.45, 2.75) is 70.9 Å². The Morgan fingerprint density at radius 2 is 1.69 bits per heavy atom. The number of aryl methyl sites for hydroxylation is 1. The van der Waals surface area contributed by atoms with Gasteiger partial charge in [-0.05, 0) is 67.1 Å². The molecule has 0 N–H and O–H groups in total. The summed E-state index contributed by atoms with van der Waals surface area (Å²) in [5.41, 5.74) is 4.45. The van der Waals surface area contributed by atoms with Crippen LogP contribution in [0.15, 0.2) is 54.6 Å². The van der Waals surface area contributed by atoms with Crippen molar-refractivity contribution in [3.8, 4) is 34.1 Å². The highest BCUT2D eigenvalue weighted by Crippen LogP contribution is 2.37. The number of nitrogens with zero attached hydrogens (tertiary/aromatic N) is 7. The fourth-order valence-corrected chi connectivity index (χ4v) is 6.39. The SMILES string of the molecule is CC1CC(=O)N(Cc2ccc(-c3nc(C4CC(=O)N(C5CC5)C4)n(C)n3)cc2Oc2ccc(-c3ccc(C(C)C)nn3)cc2)C1. The van der Waals surface area contributed by atoms with E-state index in [4.69, 9.17) is 14.8 Å². The summed E-state index contributed by atoms with van der Waals surface area (Å²) in [6, 6.07) is 18.2. The van der Waals surface area contributed by atoms with E-state index >= 15 is 0 Å². The highest BCUT2D eigenvalue weighted by molar-refractivity contribution is 5.80. The van der Waals surface area contributed by atoms with Crippen LogP contribution in [0.1, 0.15) is 75.4 Å². The number of ether oxygens (including phenoxy) is 1. The van der Waals surface area contributed by atoms with E-state index < -0.39 is 0 Å². The molecule has 1 saturated carbocycles. The predicted octanol–water partition coefficient (Wildman–Crippen LogP) is 5.70. The summed E-state index contributed by atoms with van der Waals surface area (Å²) in [7, 11) is 1.89. The Kier molecular flexibility index (Phi) is 7.59. The fraction of sp³-hybridized carbons (Fsp3) is 0.429. The van der Waals surface area contributed by atoms with Crippen LogP contribution in [-0.2, 0) is 23.2 Å². The number of aromatic nitrogens is 5. The van der Waals surface area contributed by atoms with E-state index in [1.807, 2.05) is 71.4 Å². The molecule has 10 heteroatoms. The number of hydrogen-bond donors (Lipinski definition) is 0. The summed E-state index contributed by atoms with van der Waals surface area (Å²) < 4.78 is 8.30. The molecule has 10 nitrogen and oxygen atoms in total. The van der Waals surface area contributed by atoms with Crippen molar-refractivity contribution < 1.29 is 14.3 Å². The Bertz CT molecular complexity index is 1730. The van der Waals surface area contributed by atoms with Crippen LogP contribution in [-0.4, -0.2) is 65.7 Å². The van der Waals surface area contributed by atoms with Gasteiger partial charge in [0.25, 0.3) is 0 Å². The van der Waals surface area contributed by atoms with Gasteiger partial charge in [0.05, 0.1) is 11.4 Å². The molecule has 7 rings (SSSR count). The first-order valence-electron chi connectivity index (χ1n) is 15.9. The van der Waals surface area contributed by atoms with Crippen molar-refractivity contribution in [2.24, 2.45) is 13.0 Å². The molecule has 2 amide bonds. The van der Waals surface area contributed by atoms with Crippen LogP contribution in [0.3, 0.4) is 0 Å². The summed E-state index contributed by atoms with van der Waals surface area (Å²) in [5.74, 6) is 3.80. The molecule has 2 saturated heterocycles. The third-order valence-electron chi connectivity index (χ3n) is 9.06. The van der Waals surface area contributed by atoms with Crippen LogP contribution < -0.4 is 4.74 Å². The van der Waals surface area contributed by atoms with Crippen molar-refractivity contribution in [3.63, 3.8) is 0 Å². The molecule has 2 unspecified atom stereocenters. The van der Waals surface area contributed by atoms with Gasteiger partial charge in [0.1, 0.15) is 17.3 Å². The molecule has 3 fully saturated rings. The molecule has 0 radical (unpaired) electrons. The molecule has 45 heavy (non-hydrogen) atoms. The Labute approximate surface area is 263 Å². The van der Waals surface area contributed by atoms with E-state index in [9.17, 15) is 9.59 Å². The van der Waals surface area contributed by atoms with E-state index in [2.05, 4.69) is 31.0 Å². The van der Waals surface area contributed by atoms with Crippen molar-refractivity contribution >= 4 is 11.8 Å². The largest absolute Gasteiger partial charge is 0.457 e. The van der Waals surface area contributed by atoms with Crippen LogP contribution in [0.4, 0.5) is 0 Å². The lowest BCUT2D eigenvalue weighted by atomic mass is 10.1. The Balaban J connectivity index is 1.16. The maximum Gasteiger partial charge on any atom is 0.223 e. The molecular formula is C35H39N7O3. The van der Waals surface area contributed by atoms with Gasteiger partial charge in [-0.2, -0.15) is 15.3 Å². The second kappa shape index (κ2) is 11.7. The van der Waals surface area contributed by atoms with Crippen LogP contribution >= 0.6 is 0 Å². The Hall–Kier alpha value is -4.60. The van der Waals surface area contributed by atoms with Gasteiger partial charge in [0, 0.05) is 68.2 Å². The van der Waals surface area contributed by atoms with Crippen LogP contribution in [0.5, 0.6) is 11.5 Å². The highest BCUT2D eigenvalue weighted by Gasteiger charge is 2.41. The monoisotopic (exact) mass is 605 g/mol. The van der Waals surface area contributed by atoms with Crippen LogP contribution in [0.25, 0.3) is 22.6 Å². The molecule has 2 aromatic carbocycles. The summed E-state index contributed by atoms with van der Waals surface area (Å²) in [4.78, 5) is 34.1. The molecule has 1 aliphatic carbocycles. The van der Waals surface area contributed by atoms with Crippen molar-refractivity contribution in [1.82, 2.24) is 34.8 Å². The third kappa shape index (κ3) is 6.06. The van der Waals surface area contributed by atoms with E-state index in [0.717, 1.165) is 53.3 Å². The summed E-state index contributed by atoms with van der Waals surface area (Å²) >= 11 is 0. The molecule has 2 aliphatic heterocycles. The minimum Gasteiger partial charge on any atom is -0.457 e. The number of carbonyl (C=O) groups excluding carboxylic acids is 2. The van der Waals surface area contributed by atoms with E-state index in [0.29, 0.717) is 61.1 Å². The number of benzene rings is 2. The lowest BCUT2D eigenvalue weighted by molar-refractivity contribution is -0.129.